The van der Waals surface area contributed by atoms with Crippen molar-refractivity contribution in [2.75, 3.05) is 26.3 Å². The van der Waals surface area contributed by atoms with E-state index in [1.807, 2.05) is 30.3 Å². The maximum absolute atomic E-state index is 12.9. The van der Waals surface area contributed by atoms with Crippen molar-refractivity contribution >= 4 is 10.0 Å². The molecule has 24 heavy (non-hydrogen) atoms. The first-order valence-corrected chi connectivity index (χ1v) is 9.71. The summed E-state index contributed by atoms with van der Waals surface area (Å²) in [6.45, 7) is 2.65. The Morgan fingerprint density at radius 1 is 1.08 bits per heavy atom. The summed E-state index contributed by atoms with van der Waals surface area (Å²) in [7, 11) is -3.49. The van der Waals surface area contributed by atoms with Gasteiger partial charge < -0.3 is 4.74 Å². The SMILES string of the molecule is O=S(=O)(c1cnn(-c2ccccc2)c1)N1CCC2(CCOCC2)C1. The van der Waals surface area contributed by atoms with E-state index < -0.39 is 10.0 Å². The number of ether oxygens (including phenoxy) is 1. The Morgan fingerprint density at radius 3 is 2.58 bits per heavy atom. The van der Waals surface area contributed by atoms with Gasteiger partial charge in [0, 0.05) is 26.3 Å². The molecule has 3 heterocycles. The van der Waals surface area contributed by atoms with Gasteiger partial charge in [-0.3, -0.25) is 0 Å². The largest absolute Gasteiger partial charge is 0.381 e. The summed E-state index contributed by atoms with van der Waals surface area (Å²) in [5.74, 6) is 0. The van der Waals surface area contributed by atoms with E-state index in [1.54, 1.807) is 15.2 Å². The summed E-state index contributed by atoms with van der Waals surface area (Å²) in [6, 6.07) is 9.52. The van der Waals surface area contributed by atoms with Crippen molar-refractivity contribution in [2.24, 2.45) is 5.41 Å². The van der Waals surface area contributed by atoms with Gasteiger partial charge in [-0.25, -0.2) is 13.1 Å². The summed E-state index contributed by atoms with van der Waals surface area (Å²) < 4.78 is 34.5. The van der Waals surface area contributed by atoms with E-state index in [0.717, 1.165) is 38.2 Å². The van der Waals surface area contributed by atoms with Crippen molar-refractivity contribution in [3.8, 4) is 5.69 Å². The van der Waals surface area contributed by atoms with E-state index in [-0.39, 0.29) is 10.3 Å². The molecular formula is C17H21N3O3S. The lowest BCUT2D eigenvalue weighted by Gasteiger charge is -2.33. The number of hydrogen-bond acceptors (Lipinski definition) is 4. The van der Waals surface area contributed by atoms with Gasteiger partial charge in [-0.1, -0.05) is 18.2 Å². The summed E-state index contributed by atoms with van der Waals surface area (Å²) in [6.07, 6.45) is 5.85. The maximum Gasteiger partial charge on any atom is 0.246 e. The molecule has 2 aromatic rings. The molecule has 0 saturated carbocycles. The van der Waals surface area contributed by atoms with Crippen LogP contribution in [0.5, 0.6) is 0 Å². The van der Waals surface area contributed by atoms with Gasteiger partial charge in [0.15, 0.2) is 0 Å². The fraction of sp³-hybridized carbons (Fsp3) is 0.471. The number of para-hydroxylation sites is 1. The molecule has 1 aromatic carbocycles. The fourth-order valence-corrected chi connectivity index (χ4v) is 5.11. The topological polar surface area (TPSA) is 64.4 Å². The monoisotopic (exact) mass is 347 g/mol. The second-order valence-electron chi connectivity index (χ2n) is 6.66. The Balaban J connectivity index is 1.57. The Morgan fingerprint density at radius 2 is 1.83 bits per heavy atom. The van der Waals surface area contributed by atoms with Gasteiger partial charge in [0.2, 0.25) is 10.0 Å². The first-order valence-electron chi connectivity index (χ1n) is 8.27. The Kier molecular flexibility index (Phi) is 3.94. The maximum atomic E-state index is 12.9. The normalized spacial score (nSPS) is 21.3. The molecule has 0 bridgehead atoms. The van der Waals surface area contributed by atoms with Gasteiger partial charge in [0.05, 0.1) is 18.1 Å². The molecule has 1 spiro atoms. The summed E-state index contributed by atoms with van der Waals surface area (Å²) in [4.78, 5) is 0.260. The molecule has 2 aliphatic rings. The number of hydrogen-bond donors (Lipinski definition) is 0. The number of benzene rings is 1. The molecule has 6 nitrogen and oxygen atoms in total. The molecule has 0 amide bonds. The molecular weight excluding hydrogens is 326 g/mol. The van der Waals surface area contributed by atoms with E-state index in [9.17, 15) is 8.42 Å². The zero-order valence-electron chi connectivity index (χ0n) is 13.5. The number of sulfonamides is 1. The predicted octanol–water partition coefficient (Wildman–Crippen LogP) is 2.06. The minimum absolute atomic E-state index is 0.0980. The molecule has 2 fully saturated rings. The third-order valence-corrected chi connectivity index (χ3v) is 6.97. The third kappa shape index (κ3) is 2.76. The van der Waals surface area contributed by atoms with Crippen molar-refractivity contribution in [3.05, 3.63) is 42.7 Å². The summed E-state index contributed by atoms with van der Waals surface area (Å²) >= 11 is 0. The second kappa shape index (κ2) is 5.98. The van der Waals surface area contributed by atoms with Crippen LogP contribution in [0.25, 0.3) is 5.69 Å². The van der Waals surface area contributed by atoms with Crippen LogP contribution < -0.4 is 0 Å². The van der Waals surface area contributed by atoms with Crippen LogP contribution in [-0.4, -0.2) is 48.8 Å². The first-order chi connectivity index (χ1) is 11.6. The van der Waals surface area contributed by atoms with Crippen LogP contribution in [0.4, 0.5) is 0 Å². The molecule has 0 radical (unpaired) electrons. The average molecular weight is 347 g/mol. The van der Waals surface area contributed by atoms with Gasteiger partial charge in [-0.15, -0.1) is 0 Å². The fourth-order valence-electron chi connectivity index (χ4n) is 3.62. The Hall–Kier alpha value is -1.70. The van der Waals surface area contributed by atoms with Crippen LogP contribution in [0.2, 0.25) is 0 Å². The molecule has 0 aliphatic carbocycles. The van der Waals surface area contributed by atoms with Gasteiger partial charge >= 0.3 is 0 Å². The van der Waals surface area contributed by atoms with Crippen molar-refractivity contribution in [2.45, 2.75) is 24.2 Å². The van der Waals surface area contributed by atoms with Gasteiger partial charge in [0.1, 0.15) is 4.90 Å². The highest BCUT2D eigenvalue weighted by atomic mass is 32.2. The highest BCUT2D eigenvalue weighted by Gasteiger charge is 2.43. The highest BCUT2D eigenvalue weighted by molar-refractivity contribution is 7.89. The average Bonchev–Trinajstić information content (AvgIpc) is 3.25. The Bertz CT molecular complexity index is 811. The van der Waals surface area contributed by atoms with Crippen LogP contribution in [0.15, 0.2) is 47.6 Å². The first kappa shape index (κ1) is 15.8. The third-order valence-electron chi connectivity index (χ3n) is 5.17. The Labute approximate surface area is 142 Å². The van der Waals surface area contributed by atoms with Gasteiger partial charge in [0.25, 0.3) is 0 Å². The lowest BCUT2D eigenvalue weighted by atomic mass is 9.80. The molecule has 128 valence electrons. The predicted molar refractivity (Wildman–Crippen MR) is 89.4 cm³/mol. The van der Waals surface area contributed by atoms with Crippen molar-refractivity contribution < 1.29 is 13.2 Å². The van der Waals surface area contributed by atoms with Crippen LogP contribution >= 0.6 is 0 Å². The molecule has 2 saturated heterocycles. The van der Waals surface area contributed by atoms with E-state index in [2.05, 4.69) is 5.10 Å². The van der Waals surface area contributed by atoms with E-state index in [1.165, 1.54) is 6.20 Å². The van der Waals surface area contributed by atoms with Crippen LogP contribution in [0, 0.1) is 5.41 Å². The zero-order chi connectivity index (χ0) is 16.6. The van der Waals surface area contributed by atoms with Gasteiger partial charge in [-0.2, -0.15) is 9.40 Å². The molecule has 0 atom stereocenters. The zero-order valence-corrected chi connectivity index (χ0v) is 14.3. The minimum Gasteiger partial charge on any atom is -0.381 e. The number of rotatable bonds is 3. The molecule has 0 N–H and O–H groups in total. The van der Waals surface area contributed by atoms with Crippen molar-refractivity contribution in [1.82, 2.24) is 14.1 Å². The van der Waals surface area contributed by atoms with Crippen molar-refractivity contribution in [3.63, 3.8) is 0 Å². The summed E-state index contributed by atoms with van der Waals surface area (Å²) in [5, 5.41) is 4.22. The molecule has 4 rings (SSSR count). The van der Waals surface area contributed by atoms with Gasteiger partial charge in [-0.05, 0) is 36.8 Å². The van der Waals surface area contributed by atoms with Crippen molar-refractivity contribution in [1.29, 1.82) is 0 Å². The van der Waals surface area contributed by atoms with Crippen LogP contribution in [0.1, 0.15) is 19.3 Å². The number of nitrogens with zero attached hydrogens (tertiary/aromatic N) is 3. The van der Waals surface area contributed by atoms with Crippen LogP contribution in [-0.2, 0) is 14.8 Å². The highest BCUT2D eigenvalue weighted by Crippen LogP contribution is 2.41. The quantitative estimate of drug-likeness (QED) is 0.853. The van der Waals surface area contributed by atoms with E-state index in [0.29, 0.717) is 13.1 Å². The molecule has 0 unspecified atom stereocenters. The van der Waals surface area contributed by atoms with Crippen LogP contribution in [0.3, 0.4) is 0 Å². The second-order valence-corrected chi connectivity index (χ2v) is 8.60. The number of aromatic nitrogens is 2. The standard InChI is InChI=1S/C17H21N3O3S/c21-24(22,19-9-6-17(14-19)7-10-23-11-8-17)16-12-18-20(13-16)15-4-2-1-3-5-15/h1-5,12-13H,6-11,14H2. The molecule has 1 aromatic heterocycles. The van der Waals surface area contributed by atoms with E-state index >= 15 is 0 Å². The smallest absolute Gasteiger partial charge is 0.246 e. The minimum atomic E-state index is -3.49. The lowest BCUT2D eigenvalue weighted by Crippen LogP contribution is -2.35. The molecule has 7 heteroatoms. The lowest BCUT2D eigenvalue weighted by molar-refractivity contribution is 0.0222. The molecule has 2 aliphatic heterocycles. The van der Waals surface area contributed by atoms with E-state index in [4.69, 9.17) is 4.74 Å². The summed E-state index contributed by atoms with van der Waals surface area (Å²) in [5.41, 5.74) is 0.946.